The molecule has 0 spiro atoms. The van der Waals surface area contributed by atoms with Crippen LogP contribution in [0.2, 0.25) is 0 Å². The molecule has 0 aliphatic carbocycles. The highest BCUT2D eigenvalue weighted by atomic mass is 16.5. The van der Waals surface area contributed by atoms with Crippen molar-refractivity contribution in [1.82, 2.24) is 4.90 Å². The number of ether oxygens (including phenoxy) is 1. The summed E-state index contributed by atoms with van der Waals surface area (Å²) in [5, 5.41) is 11.9. The highest BCUT2D eigenvalue weighted by molar-refractivity contribution is 6.00. The van der Waals surface area contributed by atoms with E-state index in [1.807, 2.05) is 0 Å². The van der Waals surface area contributed by atoms with Gasteiger partial charge in [-0.15, -0.1) is 0 Å². The lowest BCUT2D eigenvalue weighted by atomic mass is 9.93. The number of aromatic carboxylic acids is 1. The summed E-state index contributed by atoms with van der Waals surface area (Å²) < 4.78 is 5.01. The van der Waals surface area contributed by atoms with Gasteiger partial charge in [-0.25, -0.2) is 9.59 Å². The van der Waals surface area contributed by atoms with Crippen molar-refractivity contribution in [3.05, 3.63) is 23.8 Å². The van der Waals surface area contributed by atoms with Crippen LogP contribution in [0.25, 0.3) is 0 Å². The molecular weight excluding hydrogens is 272 g/mol. The zero-order valence-electron chi connectivity index (χ0n) is 12.5. The number of carbonyl (C=O) groups excluding carboxylic acids is 1. The Morgan fingerprint density at radius 1 is 1.38 bits per heavy atom. The third kappa shape index (κ3) is 3.45. The number of nitrogens with zero attached hydrogens (tertiary/aromatic N) is 1. The number of carbonyl (C=O) groups is 2. The number of amides is 2. The number of urea groups is 1. The lowest BCUT2D eigenvalue weighted by molar-refractivity contribution is 0.0697. The number of rotatable bonds is 3. The Bertz CT molecular complexity index is 569. The summed E-state index contributed by atoms with van der Waals surface area (Å²) in [6.07, 6.45) is 0.939. The molecule has 0 bridgehead atoms. The number of benzene rings is 1. The van der Waals surface area contributed by atoms with E-state index in [0.717, 1.165) is 6.42 Å². The van der Waals surface area contributed by atoms with E-state index in [2.05, 4.69) is 19.2 Å². The molecule has 21 heavy (non-hydrogen) atoms. The highest BCUT2D eigenvalue weighted by Crippen LogP contribution is 2.29. The fraction of sp³-hybridized carbons (Fsp3) is 0.467. The van der Waals surface area contributed by atoms with Gasteiger partial charge in [-0.05, 0) is 30.0 Å². The number of anilines is 1. The number of hydrogen-bond acceptors (Lipinski definition) is 3. The number of carboxylic acids is 1. The Morgan fingerprint density at radius 2 is 2.10 bits per heavy atom. The third-order valence-corrected chi connectivity index (χ3v) is 3.66. The van der Waals surface area contributed by atoms with Crippen molar-refractivity contribution in [2.45, 2.75) is 20.3 Å². The fourth-order valence-corrected chi connectivity index (χ4v) is 2.42. The maximum Gasteiger partial charge on any atom is 0.337 e. The predicted octanol–water partition coefficient (Wildman–Crippen LogP) is 2.66. The minimum absolute atomic E-state index is 0.0150. The zero-order valence-corrected chi connectivity index (χ0v) is 12.5. The Labute approximate surface area is 123 Å². The van der Waals surface area contributed by atoms with Gasteiger partial charge in [-0.2, -0.15) is 0 Å². The summed E-state index contributed by atoms with van der Waals surface area (Å²) >= 11 is 0. The van der Waals surface area contributed by atoms with Gasteiger partial charge in [0.2, 0.25) is 0 Å². The molecule has 1 aliphatic heterocycles. The van der Waals surface area contributed by atoms with Crippen LogP contribution in [0.1, 0.15) is 30.6 Å². The van der Waals surface area contributed by atoms with Crippen LogP contribution < -0.4 is 10.1 Å². The molecule has 1 heterocycles. The topological polar surface area (TPSA) is 78.9 Å². The second-order valence-electron chi connectivity index (χ2n) is 5.98. The molecular formula is C15H20N2O4. The van der Waals surface area contributed by atoms with E-state index in [9.17, 15) is 14.7 Å². The second kappa shape index (κ2) is 5.63. The van der Waals surface area contributed by atoms with Gasteiger partial charge in [-0.1, -0.05) is 13.8 Å². The molecule has 0 unspecified atom stereocenters. The molecule has 1 fully saturated rings. The maximum absolute atomic E-state index is 12.2. The van der Waals surface area contributed by atoms with Crippen molar-refractivity contribution in [2.75, 3.05) is 25.5 Å². The Balaban J connectivity index is 2.16. The molecule has 2 amide bonds. The van der Waals surface area contributed by atoms with E-state index in [0.29, 0.717) is 18.8 Å². The minimum Gasteiger partial charge on any atom is -0.497 e. The summed E-state index contributed by atoms with van der Waals surface area (Å²) in [6, 6.07) is 4.29. The van der Waals surface area contributed by atoms with Crippen LogP contribution in [0.5, 0.6) is 5.75 Å². The summed E-state index contributed by atoms with van der Waals surface area (Å²) in [5.41, 5.74) is 0.395. The van der Waals surface area contributed by atoms with Gasteiger partial charge in [-0.3, -0.25) is 0 Å². The van der Waals surface area contributed by atoms with Crippen LogP contribution in [-0.4, -0.2) is 42.2 Å². The standard InChI is InChI=1S/C15H20N2O4/c1-15(2)6-7-17(9-15)14(20)16-12-5-4-10(21-3)8-11(12)13(18)19/h4-5,8H,6-7,9H2,1-3H3,(H,16,20)(H,18,19). The van der Waals surface area contributed by atoms with Gasteiger partial charge in [0.15, 0.2) is 0 Å². The first kappa shape index (κ1) is 15.2. The summed E-state index contributed by atoms with van der Waals surface area (Å²) in [6.45, 7) is 5.56. The molecule has 2 rings (SSSR count). The second-order valence-corrected chi connectivity index (χ2v) is 5.98. The Hall–Kier alpha value is -2.24. The number of hydrogen-bond donors (Lipinski definition) is 2. The van der Waals surface area contributed by atoms with Crippen molar-refractivity contribution in [3.63, 3.8) is 0 Å². The normalized spacial score (nSPS) is 16.6. The number of carboxylic acid groups (broad SMARTS) is 1. The summed E-state index contributed by atoms with van der Waals surface area (Å²) in [5.74, 6) is -0.668. The lowest BCUT2D eigenvalue weighted by Crippen LogP contribution is -2.34. The molecule has 2 N–H and O–H groups in total. The molecule has 1 aromatic rings. The van der Waals surface area contributed by atoms with Gasteiger partial charge < -0.3 is 20.1 Å². The van der Waals surface area contributed by atoms with Crippen LogP contribution in [0.15, 0.2) is 18.2 Å². The van der Waals surface area contributed by atoms with E-state index in [4.69, 9.17) is 4.74 Å². The van der Waals surface area contributed by atoms with Crippen molar-refractivity contribution >= 4 is 17.7 Å². The van der Waals surface area contributed by atoms with E-state index in [1.54, 1.807) is 17.0 Å². The van der Waals surface area contributed by atoms with Gasteiger partial charge >= 0.3 is 12.0 Å². The van der Waals surface area contributed by atoms with Gasteiger partial charge in [0.1, 0.15) is 5.75 Å². The average Bonchev–Trinajstić information content (AvgIpc) is 2.79. The lowest BCUT2D eigenvalue weighted by Gasteiger charge is -2.20. The summed E-state index contributed by atoms with van der Waals surface area (Å²) in [4.78, 5) is 25.2. The van der Waals surface area contributed by atoms with E-state index >= 15 is 0 Å². The molecule has 6 heteroatoms. The quantitative estimate of drug-likeness (QED) is 0.897. The minimum atomic E-state index is -1.11. The monoisotopic (exact) mass is 292 g/mol. The molecule has 1 saturated heterocycles. The Kier molecular flexibility index (Phi) is 4.06. The predicted molar refractivity (Wildman–Crippen MR) is 78.9 cm³/mol. The summed E-state index contributed by atoms with van der Waals surface area (Å²) in [7, 11) is 1.46. The van der Waals surface area contributed by atoms with Gasteiger partial charge in [0.25, 0.3) is 0 Å². The van der Waals surface area contributed by atoms with E-state index < -0.39 is 5.97 Å². The molecule has 1 aliphatic rings. The van der Waals surface area contributed by atoms with Crippen molar-refractivity contribution < 1.29 is 19.4 Å². The first-order valence-corrected chi connectivity index (χ1v) is 6.80. The SMILES string of the molecule is COc1ccc(NC(=O)N2CCC(C)(C)C2)c(C(=O)O)c1. The zero-order chi connectivity index (χ0) is 15.6. The van der Waals surface area contributed by atoms with Crippen LogP contribution >= 0.6 is 0 Å². The first-order valence-electron chi connectivity index (χ1n) is 6.80. The Morgan fingerprint density at radius 3 is 2.62 bits per heavy atom. The molecule has 1 aromatic carbocycles. The van der Waals surface area contributed by atoms with Crippen molar-refractivity contribution in [1.29, 1.82) is 0 Å². The molecule has 6 nitrogen and oxygen atoms in total. The van der Waals surface area contributed by atoms with E-state index in [1.165, 1.54) is 13.2 Å². The number of likely N-dealkylation sites (tertiary alicyclic amines) is 1. The average molecular weight is 292 g/mol. The molecule has 0 saturated carbocycles. The van der Waals surface area contributed by atoms with Gasteiger partial charge in [0.05, 0.1) is 18.4 Å². The molecule has 114 valence electrons. The van der Waals surface area contributed by atoms with Crippen LogP contribution in [0.4, 0.5) is 10.5 Å². The van der Waals surface area contributed by atoms with Crippen LogP contribution in [0, 0.1) is 5.41 Å². The van der Waals surface area contributed by atoms with Crippen molar-refractivity contribution in [2.24, 2.45) is 5.41 Å². The van der Waals surface area contributed by atoms with E-state index in [-0.39, 0.29) is 22.7 Å². The van der Waals surface area contributed by atoms with Crippen LogP contribution in [-0.2, 0) is 0 Å². The maximum atomic E-state index is 12.2. The van der Waals surface area contributed by atoms with Crippen molar-refractivity contribution in [3.8, 4) is 5.75 Å². The molecule has 0 aromatic heterocycles. The fourth-order valence-electron chi connectivity index (χ4n) is 2.42. The molecule has 0 radical (unpaired) electrons. The molecule has 0 atom stereocenters. The van der Waals surface area contributed by atoms with Crippen LogP contribution in [0.3, 0.4) is 0 Å². The number of methoxy groups -OCH3 is 1. The number of nitrogens with one attached hydrogen (secondary N) is 1. The first-order chi connectivity index (χ1) is 9.82. The largest absolute Gasteiger partial charge is 0.497 e. The highest BCUT2D eigenvalue weighted by Gasteiger charge is 2.32. The third-order valence-electron chi connectivity index (χ3n) is 3.66. The smallest absolute Gasteiger partial charge is 0.337 e. The van der Waals surface area contributed by atoms with Gasteiger partial charge in [0, 0.05) is 13.1 Å².